The van der Waals surface area contributed by atoms with Gasteiger partial charge in [-0.3, -0.25) is 9.59 Å². The van der Waals surface area contributed by atoms with Crippen molar-refractivity contribution in [3.05, 3.63) is 76.3 Å². The molecule has 0 radical (unpaired) electrons. The number of alkyl carbamates (subject to hydrolysis) is 1. The minimum absolute atomic E-state index is 0.00354. The summed E-state index contributed by atoms with van der Waals surface area (Å²) in [5, 5.41) is 5.90. The first kappa shape index (κ1) is 30.3. The van der Waals surface area contributed by atoms with Crippen molar-refractivity contribution in [3.63, 3.8) is 0 Å². The van der Waals surface area contributed by atoms with Gasteiger partial charge in [0.05, 0.1) is 10.7 Å². The second-order valence-electron chi connectivity index (χ2n) is 9.79. The standard InChI is InChI=1S/C28H36ClN3O4S/c1-8-15-32(26(34)21(16-37)30-27(35)36-28(5,6)7)24(22-17(2)11-9-12-18(22)3)25(33)31-23-19(4)13-10-14-20(23)29/h8-14,21,24,37H,1,15-16H2,2-7H3,(H,30,35)(H,31,33). The van der Waals surface area contributed by atoms with Gasteiger partial charge in [-0.2, -0.15) is 12.6 Å². The number of rotatable bonds is 9. The van der Waals surface area contributed by atoms with Crippen LogP contribution < -0.4 is 10.6 Å². The van der Waals surface area contributed by atoms with Crippen molar-refractivity contribution in [2.45, 2.75) is 59.2 Å². The lowest BCUT2D eigenvalue weighted by molar-refractivity contribution is -0.139. The Labute approximate surface area is 230 Å². The van der Waals surface area contributed by atoms with Gasteiger partial charge >= 0.3 is 6.09 Å². The Morgan fingerprint density at radius 1 is 1.08 bits per heavy atom. The molecule has 0 aliphatic carbocycles. The molecular weight excluding hydrogens is 510 g/mol. The number of aryl methyl sites for hydroxylation is 3. The topological polar surface area (TPSA) is 87.7 Å². The molecule has 3 amide bonds. The summed E-state index contributed by atoms with van der Waals surface area (Å²) in [6.45, 7) is 14.6. The highest BCUT2D eigenvalue weighted by Crippen LogP contribution is 2.32. The van der Waals surface area contributed by atoms with Crippen LogP contribution in [0.5, 0.6) is 0 Å². The highest BCUT2D eigenvalue weighted by atomic mass is 35.5. The van der Waals surface area contributed by atoms with Crippen LogP contribution in [0.15, 0.2) is 49.1 Å². The van der Waals surface area contributed by atoms with Gasteiger partial charge in [0.25, 0.3) is 5.91 Å². The zero-order chi connectivity index (χ0) is 27.9. The lowest BCUT2D eigenvalue weighted by Crippen LogP contribution is -2.53. The van der Waals surface area contributed by atoms with E-state index in [-0.39, 0.29) is 12.3 Å². The Hall–Kier alpha value is -2.97. The van der Waals surface area contributed by atoms with E-state index in [0.29, 0.717) is 16.3 Å². The maximum atomic E-state index is 13.9. The monoisotopic (exact) mass is 545 g/mol. The van der Waals surface area contributed by atoms with Gasteiger partial charge in [0.15, 0.2) is 0 Å². The normalized spacial score (nSPS) is 12.8. The van der Waals surface area contributed by atoms with E-state index in [9.17, 15) is 14.4 Å². The maximum Gasteiger partial charge on any atom is 0.408 e. The van der Waals surface area contributed by atoms with Crippen LogP contribution >= 0.6 is 24.2 Å². The summed E-state index contributed by atoms with van der Waals surface area (Å²) in [5.41, 5.74) is 2.84. The molecule has 2 atom stereocenters. The molecular formula is C28H36ClN3O4S. The predicted octanol–water partition coefficient (Wildman–Crippen LogP) is 5.78. The number of carbonyl (C=O) groups excluding carboxylic acids is 3. The number of thiol groups is 1. The molecule has 2 rings (SSSR count). The lowest BCUT2D eigenvalue weighted by Gasteiger charge is -2.35. The SMILES string of the molecule is C=CCN(C(=O)C(CS)NC(=O)OC(C)(C)C)C(C(=O)Nc1c(C)cccc1Cl)c1c(C)cccc1C. The number of hydrogen-bond donors (Lipinski definition) is 3. The number of hydrogen-bond acceptors (Lipinski definition) is 5. The Balaban J connectivity index is 2.57. The minimum atomic E-state index is -1.04. The van der Waals surface area contributed by atoms with E-state index >= 15 is 0 Å². The highest BCUT2D eigenvalue weighted by Gasteiger charge is 2.37. The van der Waals surface area contributed by atoms with E-state index in [2.05, 4.69) is 29.8 Å². The fraction of sp³-hybridized carbons (Fsp3) is 0.393. The highest BCUT2D eigenvalue weighted by molar-refractivity contribution is 7.80. The van der Waals surface area contributed by atoms with Crippen molar-refractivity contribution >= 4 is 47.8 Å². The summed E-state index contributed by atoms with van der Waals surface area (Å²) in [6, 6.07) is 8.90. The van der Waals surface area contributed by atoms with Gasteiger partial charge in [0, 0.05) is 12.3 Å². The summed E-state index contributed by atoms with van der Waals surface area (Å²) in [6.07, 6.45) is 0.786. The number of ether oxygens (including phenoxy) is 1. The van der Waals surface area contributed by atoms with Crippen molar-refractivity contribution in [2.24, 2.45) is 0 Å². The van der Waals surface area contributed by atoms with E-state index in [1.165, 1.54) is 11.0 Å². The maximum absolute atomic E-state index is 13.9. The van der Waals surface area contributed by atoms with Gasteiger partial charge in [0.2, 0.25) is 5.91 Å². The van der Waals surface area contributed by atoms with E-state index in [1.54, 1.807) is 32.9 Å². The molecule has 200 valence electrons. The predicted molar refractivity (Wildman–Crippen MR) is 152 cm³/mol. The van der Waals surface area contributed by atoms with Crippen LogP contribution in [0.3, 0.4) is 0 Å². The molecule has 0 aliphatic rings. The van der Waals surface area contributed by atoms with Gasteiger partial charge in [0.1, 0.15) is 17.7 Å². The molecule has 0 saturated heterocycles. The van der Waals surface area contributed by atoms with Crippen LogP contribution in [0.25, 0.3) is 0 Å². The first-order valence-electron chi connectivity index (χ1n) is 11.9. The number of amides is 3. The molecule has 0 saturated carbocycles. The summed E-state index contributed by atoms with van der Waals surface area (Å²) in [5.74, 6) is -0.949. The Bertz CT molecular complexity index is 1120. The van der Waals surface area contributed by atoms with Gasteiger partial charge in [-0.05, 0) is 69.9 Å². The second-order valence-corrected chi connectivity index (χ2v) is 10.6. The number of benzene rings is 2. The smallest absolute Gasteiger partial charge is 0.408 e. The zero-order valence-corrected chi connectivity index (χ0v) is 23.9. The second kappa shape index (κ2) is 13.0. The third-order valence-electron chi connectivity index (χ3n) is 5.63. The van der Waals surface area contributed by atoms with Gasteiger partial charge in [-0.1, -0.05) is 48.0 Å². The van der Waals surface area contributed by atoms with Gasteiger partial charge < -0.3 is 20.3 Å². The van der Waals surface area contributed by atoms with Crippen molar-refractivity contribution in [3.8, 4) is 0 Å². The first-order chi connectivity index (χ1) is 17.3. The van der Waals surface area contributed by atoms with E-state index < -0.39 is 35.6 Å². The average Bonchev–Trinajstić information content (AvgIpc) is 2.79. The molecule has 7 nitrogen and oxygen atoms in total. The van der Waals surface area contributed by atoms with Crippen molar-refractivity contribution in [2.75, 3.05) is 17.6 Å². The molecule has 2 N–H and O–H groups in total. The fourth-order valence-electron chi connectivity index (χ4n) is 3.97. The molecule has 0 spiro atoms. The molecule has 2 unspecified atom stereocenters. The van der Waals surface area contributed by atoms with Gasteiger partial charge in [-0.15, -0.1) is 6.58 Å². The summed E-state index contributed by atoms with van der Waals surface area (Å²) >= 11 is 10.7. The number of carbonyl (C=O) groups is 3. The van der Waals surface area contributed by atoms with Crippen LogP contribution in [0.1, 0.15) is 49.1 Å². The molecule has 0 aromatic heterocycles. The molecule has 2 aromatic carbocycles. The average molecular weight is 546 g/mol. The Morgan fingerprint density at radius 3 is 2.16 bits per heavy atom. The van der Waals surface area contributed by atoms with Crippen LogP contribution in [0.4, 0.5) is 10.5 Å². The zero-order valence-electron chi connectivity index (χ0n) is 22.2. The summed E-state index contributed by atoms with van der Waals surface area (Å²) in [7, 11) is 0. The third kappa shape index (κ3) is 8.01. The summed E-state index contributed by atoms with van der Waals surface area (Å²) < 4.78 is 5.33. The van der Waals surface area contributed by atoms with Crippen LogP contribution in [-0.4, -0.2) is 46.7 Å². The van der Waals surface area contributed by atoms with Crippen LogP contribution in [-0.2, 0) is 14.3 Å². The molecule has 2 aromatic rings. The molecule has 0 heterocycles. The van der Waals surface area contributed by atoms with Crippen molar-refractivity contribution in [1.29, 1.82) is 0 Å². The van der Waals surface area contributed by atoms with E-state index in [1.807, 2.05) is 45.0 Å². The minimum Gasteiger partial charge on any atom is -0.444 e. The molecule has 0 bridgehead atoms. The van der Waals surface area contributed by atoms with E-state index in [4.69, 9.17) is 16.3 Å². The molecule has 37 heavy (non-hydrogen) atoms. The molecule has 0 fully saturated rings. The Kier molecular flexibility index (Phi) is 10.6. The van der Waals surface area contributed by atoms with Crippen LogP contribution in [0.2, 0.25) is 5.02 Å². The fourth-order valence-corrected chi connectivity index (χ4v) is 4.48. The first-order valence-corrected chi connectivity index (χ1v) is 13.0. The third-order valence-corrected chi connectivity index (χ3v) is 6.31. The quantitative estimate of drug-likeness (QED) is 0.275. The number of anilines is 1. The number of nitrogens with one attached hydrogen (secondary N) is 2. The van der Waals surface area contributed by atoms with Gasteiger partial charge in [-0.25, -0.2) is 4.79 Å². The lowest BCUT2D eigenvalue weighted by atomic mass is 9.93. The number of halogens is 1. The Morgan fingerprint density at radius 2 is 1.65 bits per heavy atom. The van der Waals surface area contributed by atoms with Crippen molar-refractivity contribution in [1.82, 2.24) is 10.2 Å². The number of nitrogens with zero attached hydrogens (tertiary/aromatic N) is 1. The van der Waals surface area contributed by atoms with Crippen molar-refractivity contribution < 1.29 is 19.1 Å². The van der Waals surface area contributed by atoms with Crippen LogP contribution in [0, 0.1) is 20.8 Å². The van der Waals surface area contributed by atoms with E-state index in [0.717, 1.165) is 16.7 Å². The molecule has 0 aliphatic heterocycles. The molecule has 9 heteroatoms. The number of para-hydroxylation sites is 1. The largest absolute Gasteiger partial charge is 0.444 e. The summed E-state index contributed by atoms with van der Waals surface area (Å²) in [4.78, 5) is 41.6.